The van der Waals surface area contributed by atoms with Gasteiger partial charge in [0.2, 0.25) is 0 Å². The summed E-state index contributed by atoms with van der Waals surface area (Å²) in [6.45, 7) is 10.7. The largest absolute Gasteiger partial charge is 0.0995 e. The predicted molar refractivity (Wildman–Crippen MR) is 50.4 cm³/mol. The van der Waals surface area contributed by atoms with Crippen LogP contribution in [0.25, 0.3) is 0 Å². The molecule has 11 heavy (non-hydrogen) atoms. The Hall–Kier alpha value is -0.520. The molecule has 0 radical (unpaired) electrons. The van der Waals surface area contributed by atoms with Crippen LogP contribution in [0.5, 0.6) is 0 Å². The molecule has 1 aliphatic carbocycles. The van der Waals surface area contributed by atoms with Crippen LogP contribution in [0.4, 0.5) is 0 Å². The van der Waals surface area contributed by atoms with Crippen molar-refractivity contribution in [2.45, 2.75) is 27.2 Å². The van der Waals surface area contributed by atoms with E-state index in [0.717, 1.165) is 11.8 Å². The van der Waals surface area contributed by atoms with Crippen LogP contribution >= 0.6 is 0 Å². The second-order valence-corrected chi connectivity index (χ2v) is 3.95. The van der Waals surface area contributed by atoms with Crippen molar-refractivity contribution in [3.63, 3.8) is 0 Å². The summed E-state index contributed by atoms with van der Waals surface area (Å²) in [5, 5.41) is 0. The second kappa shape index (κ2) is 3.25. The molecule has 3 unspecified atom stereocenters. The number of rotatable bonds is 1. The zero-order valence-corrected chi connectivity index (χ0v) is 7.80. The van der Waals surface area contributed by atoms with Crippen molar-refractivity contribution >= 4 is 0 Å². The molecule has 0 bridgehead atoms. The average Bonchev–Trinajstić information content (AvgIpc) is 1.85. The van der Waals surface area contributed by atoms with Crippen molar-refractivity contribution < 1.29 is 0 Å². The fraction of sp³-hybridized carbons (Fsp3) is 0.636. The summed E-state index contributed by atoms with van der Waals surface area (Å²) in [5.41, 5.74) is 1.31. The van der Waals surface area contributed by atoms with Gasteiger partial charge in [0.1, 0.15) is 0 Å². The Labute approximate surface area is 70.0 Å². The average molecular weight is 150 g/mol. The van der Waals surface area contributed by atoms with Gasteiger partial charge in [-0.2, -0.15) is 0 Å². The lowest BCUT2D eigenvalue weighted by Crippen LogP contribution is -2.17. The van der Waals surface area contributed by atoms with Gasteiger partial charge < -0.3 is 0 Å². The summed E-state index contributed by atoms with van der Waals surface area (Å²) in [6, 6.07) is 0. The summed E-state index contributed by atoms with van der Waals surface area (Å²) < 4.78 is 0. The van der Waals surface area contributed by atoms with E-state index in [9.17, 15) is 0 Å². The van der Waals surface area contributed by atoms with E-state index < -0.39 is 0 Å². The zero-order valence-electron chi connectivity index (χ0n) is 7.80. The molecule has 0 saturated heterocycles. The molecule has 3 atom stereocenters. The monoisotopic (exact) mass is 150 g/mol. The van der Waals surface area contributed by atoms with Crippen molar-refractivity contribution in [2.75, 3.05) is 0 Å². The zero-order chi connectivity index (χ0) is 8.43. The van der Waals surface area contributed by atoms with E-state index in [-0.39, 0.29) is 0 Å². The van der Waals surface area contributed by atoms with Gasteiger partial charge in [-0.15, -0.1) is 0 Å². The first-order valence-electron chi connectivity index (χ1n) is 4.45. The second-order valence-electron chi connectivity index (χ2n) is 3.95. The molecule has 0 nitrogen and oxygen atoms in total. The molecule has 0 aliphatic heterocycles. The maximum Gasteiger partial charge on any atom is -0.000276 e. The lowest BCUT2D eigenvalue weighted by molar-refractivity contribution is 0.378. The van der Waals surface area contributed by atoms with E-state index in [1.165, 1.54) is 12.0 Å². The number of hydrogen-bond acceptors (Lipinski definition) is 0. The first-order chi connectivity index (χ1) is 5.11. The summed E-state index contributed by atoms with van der Waals surface area (Å²) in [4.78, 5) is 0. The predicted octanol–water partition coefficient (Wildman–Crippen LogP) is 3.41. The Balaban J connectivity index is 2.68. The van der Waals surface area contributed by atoms with Crippen LogP contribution in [0.2, 0.25) is 0 Å². The summed E-state index contributed by atoms with van der Waals surface area (Å²) in [7, 11) is 0. The highest BCUT2D eigenvalue weighted by Crippen LogP contribution is 2.31. The fourth-order valence-electron chi connectivity index (χ4n) is 1.96. The Morgan fingerprint density at radius 3 is 2.45 bits per heavy atom. The SMILES string of the molecule is C=C(C)C1C=CC(C)CC1C. The molecular weight excluding hydrogens is 132 g/mol. The van der Waals surface area contributed by atoms with E-state index in [2.05, 4.69) is 39.5 Å². The highest BCUT2D eigenvalue weighted by atomic mass is 14.3. The molecule has 0 aromatic carbocycles. The third-order valence-electron chi connectivity index (χ3n) is 2.57. The molecule has 62 valence electrons. The van der Waals surface area contributed by atoms with Gasteiger partial charge in [-0.3, -0.25) is 0 Å². The molecule has 0 amide bonds. The van der Waals surface area contributed by atoms with Crippen LogP contribution in [0.15, 0.2) is 24.3 Å². The van der Waals surface area contributed by atoms with Crippen LogP contribution in [0.3, 0.4) is 0 Å². The fourth-order valence-corrected chi connectivity index (χ4v) is 1.96. The Morgan fingerprint density at radius 1 is 1.36 bits per heavy atom. The van der Waals surface area contributed by atoms with Crippen LogP contribution in [0.1, 0.15) is 27.2 Å². The molecule has 1 rings (SSSR count). The normalized spacial score (nSPS) is 37.2. The summed E-state index contributed by atoms with van der Waals surface area (Å²) >= 11 is 0. The molecule has 0 aromatic rings. The van der Waals surface area contributed by atoms with Gasteiger partial charge in [-0.05, 0) is 31.1 Å². The Morgan fingerprint density at radius 2 is 2.00 bits per heavy atom. The standard InChI is InChI=1S/C11H18/c1-8(2)11-6-5-9(3)7-10(11)4/h5-6,9-11H,1,7H2,2-4H3. The van der Waals surface area contributed by atoms with Crippen LogP contribution in [-0.2, 0) is 0 Å². The molecule has 0 aromatic heterocycles. The topological polar surface area (TPSA) is 0 Å². The minimum Gasteiger partial charge on any atom is -0.0995 e. The van der Waals surface area contributed by atoms with E-state index in [1.807, 2.05) is 0 Å². The lowest BCUT2D eigenvalue weighted by Gasteiger charge is -2.27. The maximum atomic E-state index is 4.00. The quantitative estimate of drug-likeness (QED) is 0.502. The maximum absolute atomic E-state index is 4.00. The first kappa shape index (κ1) is 8.58. The van der Waals surface area contributed by atoms with Crippen molar-refractivity contribution in [2.24, 2.45) is 17.8 Å². The molecule has 0 fully saturated rings. The molecule has 0 heteroatoms. The van der Waals surface area contributed by atoms with Crippen LogP contribution in [-0.4, -0.2) is 0 Å². The van der Waals surface area contributed by atoms with Gasteiger partial charge in [0.15, 0.2) is 0 Å². The van der Waals surface area contributed by atoms with Gasteiger partial charge in [-0.25, -0.2) is 0 Å². The van der Waals surface area contributed by atoms with Crippen molar-refractivity contribution in [3.8, 4) is 0 Å². The Kier molecular flexibility index (Phi) is 2.53. The van der Waals surface area contributed by atoms with Crippen LogP contribution in [0, 0.1) is 17.8 Å². The number of allylic oxidation sites excluding steroid dienone is 3. The van der Waals surface area contributed by atoms with Crippen molar-refractivity contribution in [3.05, 3.63) is 24.3 Å². The van der Waals surface area contributed by atoms with Crippen molar-refractivity contribution in [1.29, 1.82) is 0 Å². The molecule has 0 saturated carbocycles. The smallest absolute Gasteiger partial charge is 0.000276 e. The van der Waals surface area contributed by atoms with Crippen molar-refractivity contribution in [1.82, 2.24) is 0 Å². The minimum absolute atomic E-state index is 0.631. The van der Waals surface area contributed by atoms with E-state index in [4.69, 9.17) is 0 Å². The molecule has 0 heterocycles. The number of hydrogen-bond donors (Lipinski definition) is 0. The van der Waals surface area contributed by atoms with Gasteiger partial charge in [0, 0.05) is 0 Å². The Bertz CT molecular complexity index is 176. The van der Waals surface area contributed by atoms with Gasteiger partial charge in [0.25, 0.3) is 0 Å². The van der Waals surface area contributed by atoms with Crippen LogP contribution < -0.4 is 0 Å². The summed E-state index contributed by atoms with van der Waals surface area (Å²) in [5.74, 6) is 2.18. The van der Waals surface area contributed by atoms with E-state index in [1.54, 1.807) is 0 Å². The lowest BCUT2D eigenvalue weighted by atomic mass is 9.78. The first-order valence-corrected chi connectivity index (χ1v) is 4.45. The van der Waals surface area contributed by atoms with Gasteiger partial charge in [-0.1, -0.05) is 38.2 Å². The molecular formula is C11H18. The third-order valence-corrected chi connectivity index (χ3v) is 2.57. The van der Waals surface area contributed by atoms with Gasteiger partial charge >= 0.3 is 0 Å². The third kappa shape index (κ3) is 1.95. The summed E-state index contributed by atoms with van der Waals surface area (Å²) in [6.07, 6.45) is 5.95. The highest BCUT2D eigenvalue weighted by Gasteiger charge is 2.20. The molecule has 0 spiro atoms. The highest BCUT2D eigenvalue weighted by molar-refractivity contribution is 5.12. The molecule has 1 aliphatic rings. The van der Waals surface area contributed by atoms with E-state index >= 15 is 0 Å². The molecule has 0 N–H and O–H groups in total. The minimum atomic E-state index is 0.631. The van der Waals surface area contributed by atoms with E-state index in [0.29, 0.717) is 5.92 Å². The van der Waals surface area contributed by atoms with Gasteiger partial charge in [0.05, 0.1) is 0 Å².